The molecule has 1 aromatic rings. The first-order valence-electron chi connectivity index (χ1n) is 9.94. The number of fused-ring (bicyclic) bond motifs is 1. The zero-order valence-corrected chi connectivity index (χ0v) is 15.2. The molecule has 3 fully saturated rings. The fourth-order valence-electron chi connectivity index (χ4n) is 5.61. The number of aliphatic hydroxyl groups is 2. The average Bonchev–Trinajstić information content (AvgIpc) is 3.06. The van der Waals surface area contributed by atoms with E-state index in [-0.39, 0.29) is 12.5 Å². The molecule has 0 spiro atoms. The van der Waals surface area contributed by atoms with Gasteiger partial charge in [0, 0.05) is 18.5 Å². The van der Waals surface area contributed by atoms with Gasteiger partial charge >= 0.3 is 0 Å². The lowest BCUT2D eigenvalue weighted by atomic mass is 9.81. The van der Waals surface area contributed by atoms with E-state index >= 15 is 0 Å². The minimum Gasteiger partial charge on any atom is -0.394 e. The summed E-state index contributed by atoms with van der Waals surface area (Å²) in [5.41, 5.74) is 1.17. The molecule has 0 radical (unpaired) electrons. The highest BCUT2D eigenvalue weighted by Crippen LogP contribution is 2.49. The minimum absolute atomic E-state index is 0.0501. The van der Waals surface area contributed by atoms with Crippen LogP contribution in [0.5, 0.6) is 0 Å². The zero-order chi connectivity index (χ0) is 17.4. The molecule has 6 atom stereocenters. The normalized spacial score (nSPS) is 36.4. The van der Waals surface area contributed by atoms with E-state index in [1.807, 2.05) is 18.2 Å². The van der Waals surface area contributed by atoms with Crippen molar-refractivity contribution in [3.05, 3.63) is 35.9 Å². The van der Waals surface area contributed by atoms with Crippen molar-refractivity contribution in [3.8, 4) is 0 Å². The third-order valence-electron chi connectivity index (χ3n) is 7.13. The highest BCUT2D eigenvalue weighted by Gasteiger charge is 2.53. The maximum atomic E-state index is 10.5. The number of hydrogen-bond acceptors (Lipinski definition) is 4. The second kappa shape index (κ2) is 7.36. The van der Waals surface area contributed by atoms with E-state index in [2.05, 4.69) is 29.4 Å². The van der Waals surface area contributed by atoms with Gasteiger partial charge < -0.3 is 20.4 Å². The Bertz CT molecular complexity index is 556. The summed E-state index contributed by atoms with van der Waals surface area (Å²) in [6, 6.07) is 10.9. The molecule has 3 aliphatic rings. The van der Waals surface area contributed by atoms with Crippen LogP contribution in [-0.2, 0) is 0 Å². The molecule has 3 N–H and O–H groups in total. The van der Waals surface area contributed by atoms with Crippen molar-refractivity contribution in [1.82, 2.24) is 10.2 Å². The van der Waals surface area contributed by atoms with Gasteiger partial charge in [-0.2, -0.15) is 0 Å². The van der Waals surface area contributed by atoms with Gasteiger partial charge in [0.05, 0.1) is 12.7 Å². The molecule has 1 aromatic carbocycles. The predicted octanol–water partition coefficient (Wildman–Crippen LogP) is 1.69. The van der Waals surface area contributed by atoms with Gasteiger partial charge in [-0.25, -0.2) is 0 Å². The van der Waals surface area contributed by atoms with Crippen LogP contribution in [-0.4, -0.2) is 60.5 Å². The largest absolute Gasteiger partial charge is 0.394 e. The molecule has 25 heavy (non-hydrogen) atoms. The van der Waals surface area contributed by atoms with Crippen LogP contribution in [0.1, 0.15) is 30.7 Å². The SMILES string of the molecule is CN(CC1C2CNCC21)C1CCC(C(c2ccccc2)C(O)CO)C1. The molecule has 1 heterocycles. The Balaban J connectivity index is 1.38. The smallest absolute Gasteiger partial charge is 0.0841 e. The summed E-state index contributed by atoms with van der Waals surface area (Å²) in [4.78, 5) is 2.58. The maximum Gasteiger partial charge on any atom is 0.0841 e. The molecule has 6 unspecified atom stereocenters. The highest BCUT2D eigenvalue weighted by molar-refractivity contribution is 5.22. The van der Waals surface area contributed by atoms with Gasteiger partial charge in [-0.1, -0.05) is 30.3 Å². The molecule has 0 amide bonds. The quantitative estimate of drug-likeness (QED) is 0.705. The number of hydrogen-bond donors (Lipinski definition) is 3. The molecule has 4 rings (SSSR count). The lowest BCUT2D eigenvalue weighted by Gasteiger charge is -2.30. The zero-order valence-electron chi connectivity index (χ0n) is 15.2. The Morgan fingerprint density at radius 2 is 1.88 bits per heavy atom. The molecule has 4 heteroatoms. The summed E-state index contributed by atoms with van der Waals surface area (Å²) in [6.45, 7) is 3.51. The van der Waals surface area contributed by atoms with Crippen molar-refractivity contribution in [2.24, 2.45) is 23.7 Å². The molecule has 4 nitrogen and oxygen atoms in total. The van der Waals surface area contributed by atoms with Crippen molar-refractivity contribution in [3.63, 3.8) is 0 Å². The van der Waals surface area contributed by atoms with Crippen LogP contribution < -0.4 is 5.32 Å². The van der Waals surface area contributed by atoms with Crippen LogP contribution in [0.2, 0.25) is 0 Å². The van der Waals surface area contributed by atoms with Crippen molar-refractivity contribution >= 4 is 0 Å². The van der Waals surface area contributed by atoms with Crippen LogP contribution in [0.3, 0.4) is 0 Å². The lowest BCUT2D eigenvalue weighted by Crippen LogP contribution is -2.34. The number of nitrogens with one attached hydrogen (secondary N) is 1. The summed E-state index contributed by atoms with van der Waals surface area (Å²) in [5.74, 6) is 3.26. The van der Waals surface area contributed by atoms with Crippen molar-refractivity contribution in [1.29, 1.82) is 0 Å². The van der Waals surface area contributed by atoms with Gasteiger partial charge in [0.25, 0.3) is 0 Å². The van der Waals surface area contributed by atoms with E-state index in [4.69, 9.17) is 0 Å². The first kappa shape index (κ1) is 17.5. The fraction of sp³-hybridized carbons (Fsp3) is 0.714. The Morgan fingerprint density at radius 1 is 1.16 bits per heavy atom. The van der Waals surface area contributed by atoms with Gasteiger partial charge in [0.1, 0.15) is 0 Å². The van der Waals surface area contributed by atoms with Crippen LogP contribution in [0.25, 0.3) is 0 Å². The van der Waals surface area contributed by atoms with Gasteiger partial charge in [0.15, 0.2) is 0 Å². The van der Waals surface area contributed by atoms with E-state index in [1.165, 1.54) is 31.6 Å². The minimum atomic E-state index is -0.662. The van der Waals surface area contributed by atoms with Crippen molar-refractivity contribution in [2.45, 2.75) is 37.3 Å². The fourth-order valence-corrected chi connectivity index (χ4v) is 5.61. The summed E-state index contributed by atoms with van der Waals surface area (Å²) >= 11 is 0. The standard InChI is InChI=1S/C21H32N2O2/c1-23(12-19-17-10-22-11-18(17)19)16-8-7-15(9-16)21(20(25)13-24)14-5-3-2-4-6-14/h2-6,15-22,24-25H,7-13H2,1H3. The Kier molecular flexibility index (Phi) is 5.14. The molecule has 2 aliphatic carbocycles. The molecular formula is C21H32N2O2. The van der Waals surface area contributed by atoms with E-state index in [1.54, 1.807) is 0 Å². The molecule has 2 saturated carbocycles. The van der Waals surface area contributed by atoms with Gasteiger partial charge in [-0.15, -0.1) is 0 Å². The number of rotatable bonds is 7. The van der Waals surface area contributed by atoms with Crippen molar-refractivity contribution < 1.29 is 10.2 Å². The van der Waals surface area contributed by atoms with E-state index < -0.39 is 6.10 Å². The lowest BCUT2D eigenvalue weighted by molar-refractivity contribution is 0.0534. The number of benzene rings is 1. The Hall–Kier alpha value is -0.940. The van der Waals surface area contributed by atoms with Crippen LogP contribution in [0.15, 0.2) is 30.3 Å². The third-order valence-corrected chi connectivity index (χ3v) is 7.13. The van der Waals surface area contributed by atoms with Gasteiger partial charge in [-0.05, 0) is 68.6 Å². The van der Waals surface area contributed by atoms with Gasteiger partial charge in [0.2, 0.25) is 0 Å². The summed E-state index contributed by atoms with van der Waals surface area (Å²) in [5, 5.41) is 23.5. The first-order valence-corrected chi connectivity index (χ1v) is 9.94. The van der Waals surface area contributed by atoms with E-state index in [0.717, 1.165) is 30.6 Å². The molecule has 1 aliphatic heterocycles. The van der Waals surface area contributed by atoms with Gasteiger partial charge in [-0.3, -0.25) is 0 Å². The first-order chi connectivity index (χ1) is 12.2. The van der Waals surface area contributed by atoms with Crippen molar-refractivity contribution in [2.75, 3.05) is 33.3 Å². The number of aliphatic hydroxyl groups excluding tert-OH is 2. The molecular weight excluding hydrogens is 312 g/mol. The maximum absolute atomic E-state index is 10.5. The summed E-state index contributed by atoms with van der Waals surface area (Å²) in [6.07, 6.45) is 2.83. The molecule has 0 bridgehead atoms. The Labute approximate surface area is 151 Å². The second-order valence-electron chi connectivity index (χ2n) is 8.50. The van der Waals surface area contributed by atoms with E-state index in [9.17, 15) is 10.2 Å². The number of nitrogens with zero attached hydrogens (tertiary/aromatic N) is 1. The van der Waals surface area contributed by atoms with Crippen LogP contribution in [0, 0.1) is 23.7 Å². The average molecular weight is 344 g/mol. The summed E-state index contributed by atoms with van der Waals surface area (Å²) in [7, 11) is 2.29. The molecule has 0 aromatic heterocycles. The number of piperidine rings is 1. The van der Waals surface area contributed by atoms with E-state index in [0.29, 0.717) is 12.0 Å². The molecule has 138 valence electrons. The Morgan fingerprint density at radius 3 is 2.56 bits per heavy atom. The monoisotopic (exact) mass is 344 g/mol. The van der Waals surface area contributed by atoms with Crippen LogP contribution in [0.4, 0.5) is 0 Å². The summed E-state index contributed by atoms with van der Waals surface area (Å²) < 4.78 is 0. The second-order valence-corrected chi connectivity index (χ2v) is 8.50. The predicted molar refractivity (Wildman–Crippen MR) is 99.4 cm³/mol. The highest BCUT2D eigenvalue weighted by atomic mass is 16.3. The van der Waals surface area contributed by atoms with Crippen LogP contribution >= 0.6 is 0 Å². The topological polar surface area (TPSA) is 55.7 Å². The third kappa shape index (κ3) is 3.50. The molecule has 1 saturated heterocycles.